The fourth-order valence-electron chi connectivity index (χ4n) is 2.67. The number of nitrogens with one attached hydrogen (secondary N) is 1. The molecule has 1 saturated carbocycles. The van der Waals surface area contributed by atoms with Gasteiger partial charge in [-0.25, -0.2) is 0 Å². The van der Waals surface area contributed by atoms with Crippen LogP contribution in [0.5, 0.6) is 0 Å². The van der Waals surface area contributed by atoms with E-state index in [0.717, 1.165) is 0 Å². The fraction of sp³-hybridized carbons (Fsp3) is 0.429. The van der Waals surface area contributed by atoms with Crippen molar-refractivity contribution in [3.63, 3.8) is 0 Å². The summed E-state index contributed by atoms with van der Waals surface area (Å²) in [4.78, 5) is 23.5. The molecule has 0 saturated heterocycles. The Kier molecular flexibility index (Phi) is 4.70. The first-order chi connectivity index (χ1) is 9.38. The Hall–Kier alpha value is -1.07. The smallest absolute Gasteiger partial charge is 0.307 e. The third-order valence-electron chi connectivity index (χ3n) is 3.64. The molecule has 0 spiro atoms. The van der Waals surface area contributed by atoms with Crippen LogP contribution in [0.3, 0.4) is 0 Å². The summed E-state index contributed by atoms with van der Waals surface area (Å²) in [5.41, 5.74) is 0.600. The van der Waals surface area contributed by atoms with Crippen LogP contribution in [-0.2, 0) is 9.59 Å². The van der Waals surface area contributed by atoms with Crippen LogP contribution in [0.25, 0.3) is 0 Å². The number of carbonyl (C=O) groups excluding carboxylic acids is 1. The van der Waals surface area contributed by atoms with E-state index >= 15 is 0 Å². The zero-order valence-corrected chi connectivity index (χ0v) is 13.2. The Morgan fingerprint density at radius 3 is 2.60 bits per heavy atom. The molecular weight excluding hydrogens is 346 g/mol. The molecule has 0 aromatic heterocycles. The number of carboxylic acids is 1. The lowest BCUT2D eigenvalue weighted by Crippen LogP contribution is -2.30. The predicted octanol–water partition coefficient (Wildman–Crippen LogP) is 3.79. The standard InChI is InChI=1S/C14H15BrClNO3/c1-7-4-9(10(5-7)14(19)20)13(18)17-12-3-2-8(16)6-11(12)15/h2-3,6-7,9-10H,4-5H2,1H3,(H,17,18)(H,19,20). The molecule has 2 rings (SSSR count). The largest absolute Gasteiger partial charge is 0.481 e. The van der Waals surface area contributed by atoms with Crippen molar-refractivity contribution in [2.75, 3.05) is 5.32 Å². The highest BCUT2D eigenvalue weighted by atomic mass is 79.9. The number of aliphatic carboxylic acids is 1. The maximum Gasteiger partial charge on any atom is 0.307 e. The van der Waals surface area contributed by atoms with E-state index < -0.39 is 17.8 Å². The number of hydrogen-bond acceptors (Lipinski definition) is 2. The highest BCUT2D eigenvalue weighted by Crippen LogP contribution is 2.37. The van der Waals surface area contributed by atoms with Crippen LogP contribution in [-0.4, -0.2) is 17.0 Å². The first kappa shape index (κ1) is 15.3. The molecule has 3 atom stereocenters. The Morgan fingerprint density at radius 1 is 1.35 bits per heavy atom. The van der Waals surface area contributed by atoms with Gasteiger partial charge in [-0.1, -0.05) is 18.5 Å². The molecule has 1 aromatic rings. The molecule has 1 aliphatic carbocycles. The van der Waals surface area contributed by atoms with Gasteiger partial charge >= 0.3 is 5.97 Å². The highest BCUT2D eigenvalue weighted by Gasteiger charge is 2.41. The summed E-state index contributed by atoms with van der Waals surface area (Å²) in [6.45, 7) is 1.97. The van der Waals surface area contributed by atoms with E-state index in [1.807, 2.05) is 6.92 Å². The second kappa shape index (κ2) is 6.14. The number of hydrogen-bond donors (Lipinski definition) is 2. The van der Waals surface area contributed by atoms with Gasteiger partial charge in [-0.15, -0.1) is 0 Å². The molecule has 0 bridgehead atoms. The number of halogens is 2. The second-order valence-corrected chi connectivity index (χ2v) is 6.53. The molecule has 0 radical (unpaired) electrons. The Bertz CT molecular complexity index is 549. The van der Waals surface area contributed by atoms with Gasteiger partial charge in [-0.2, -0.15) is 0 Å². The van der Waals surface area contributed by atoms with E-state index in [4.69, 9.17) is 11.6 Å². The fourth-order valence-corrected chi connectivity index (χ4v) is 3.45. The van der Waals surface area contributed by atoms with E-state index in [-0.39, 0.29) is 11.8 Å². The van der Waals surface area contributed by atoms with E-state index in [0.29, 0.717) is 28.0 Å². The van der Waals surface area contributed by atoms with Crippen LogP contribution < -0.4 is 5.32 Å². The molecule has 20 heavy (non-hydrogen) atoms. The van der Waals surface area contributed by atoms with Crippen molar-refractivity contribution >= 4 is 45.1 Å². The summed E-state index contributed by atoms with van der Waals surface area (Å²) >= 11 is 9.17. The van der Waals surface area contributed by atoms with Crippen molar-refractivity contribution in [3.8, 4) is 0 Å². The predicted molar refractivity (Wildman–Crippen MR) is 80.8 cm³/mol. The first-order valence-electron chi connectivity index (χ1n) is 6.37. The number of benzene rings is 1. The molecule has 2 N–H and O–H groups in total. The van der Waals surface area contributed by atoms with Crippen molar-refractivity contribution in [3.05, 3.63) is 27.7 Å². The topological polar surface area (TPSA) is 66.4 Å². The van der Waals surface area contributed by atoms with Crippen LogP contribution in [0, 0.1) is 17.8 Å². The highest BCUT2D eigenvalue weighted by molar-refractivity contribution is 9.10. The molecular formula is C14H15BrClNO3. The monoisotopic (exact) mass is 359 g/mol. The molecule has 0 aliphatic heterocycles. The minimum Gasteiger partial charge on any atom is -0.481 e. The van der Waals surface area contributed by atoms with Gasteiger partial charge in [0.05, 0.1) is 17.5 Å². The lowest BCUT2D eigenvalue weighted by Gasteiger charge is -2.16. The molecule has 1 fully saturated rings. The molecule has 0 heterocycles. The minimum absolute atomic E-state index is 0.246. The zero-order chi connectivity index (χ0) is 14.9. The van der Waals surface area contributed by atoms with Crippen LogP contribution in [0.2, 0.25) is 5.02 Å². The average Bonchev–Trinajstić information content (AvgIpc) is 2.75. The van der Waals surface area contributed by atoms with Crippen molar-refractivity contribution in [2.24, 2.45) is 17.8 Å². The number of amides is 1. The average molecular weight is 361 g/mol. The van der Waals surface area contributed by atoms with Gasteiger partial charge in [0.25, 0.3) is 0 Å². The van der Waals surface area contributed by atoms with Gasteiger partial charge in [0, 0.05) is 9.50 Å². The van der Waals surface area contributed by atoms with Crippen LogP contribution in [0.4, 0.5) is 5.69 Å². The second-order valence-electron chi connectivity index (χ2n) is 5.24. The van der Waals surface area contributed by atoms with Gasteiger partial charge < -0.3 is 10.4 Å². The van der Waals surface area contributed by atoms with Crippen LogP contribution >= 0.6 is 27.5 Å². The maximum absolute atomic E-state index is 12.3. The van der Waals surface area contributed by atoms with Crippen molar-refractivity contribution in [1.29, 1.82) is 0 Å². The third-order valence-corrected chi connectivity index (χ3v) is 4.53. The summed E-state index contributed by atoms with van der Waals surface area (Å²) in [5.74, 6) is -1.98. The van der Waals surface area contributed by atoms with Crippen LogP contribution in [0.15, 0.2) is 22.7 Å². The van der Waals surface area contributed by atoms with Crippen molar-refractivity contribution in [1.82, 2.24) is 0 Å². The van der Waals surface area contributed by atoms with E-state index in [2.05, 4.69) is 21.2 Å². The van der Waals surface area contributed by atoms with Gasteiger partial charge in [-0.05, 0) is 52.9 Å². The summed E-state index contributed by atoms with van der Waals surface area (Å²) in [6, 6.07) is 5.05. The lowest BCUT2D eigenvalue weighted by atomic mass is 9.95. The zero-order valence-electron chi connectivity index (χ0n) is 10.9. The summed E-state index contributed by atoms with van der Waals surface area (Å²) in [5, 5.41) is 12.5. The van der Waals surface area contributed by atoms with E-state index in [1.165, 1.54) is 0 Å². The van der Waals surface area contributed by atoms with Gasteiger partial charge in [-0.3, -0.25) is 9.59 Å². The quantitative estimate of drug-likeness (QED) is 0.862. The number of anilines is 1. The molecule has 1 amide bonds. The Labute approximate surface area is 130 Å². The molecule has 1 aliphatic rings. The lowest BCUT2D eigenvalue weighted by molar-refractivity contribution is -0.145. The van der Waals surface area contributed by atoms with Crippen molar-refractivity contribution in [2.45, 2.75) is 19.8 Å². The SMILES string of the molecule is CC1CC(C(=O)O)C(C(=O)Nc2ccc(Cl)cc2Br)C1. The molecule has 108 valence electrons. The van der Waals surface area contributed by atoms with E-state index in [1.54, 1.807) is 18.2 Å². The van der Waals surface area contributed by atoms with Gasteiger partial charge in [0.2, 0.25) is 5.91 Å². The summed E-state index contributed by atoms with van der Waals surface area (Å²) in [7, 11) is 0. The van der Waals surface area contributed by atoms with E-state index in [9.17, 15) is 14.7 Å². The van der Waals surface area contributed by atoms with Gasteiger partial charge in [0.15, 0.2) is 0 Å². The maximum atomic E-state index is 12.3. The van der Waals surface area contributed by atoms with Crippen molar-refractivity contribution < 1.29 is 14.7 Å². The number of rotatable bonds is 3. The molecule has 4 nitrogen and oxygen atoms in total. The minimum atomic E-state index is -0.898. The third kappa shape index (κ3) is 3.33. The molecule has 6 heteroatoms. The number of carboxylic acid groups (broad SMARTS) is 1. The molecule has 3 unspecified atom stereocenters. The number of carbonyl (C=O) groups is 2. The summed E-state index contributed by atoms with van der Waals surface area (Å²) < 4.78 is 0.677. The Balaban J connectivity index is 2.13. The summed E-state index contributed by atoms with van der Waals surface area (Å²) in [6.07, 6.45) is 1.16. The molecule has 1 aromatic carbocycles. The van der Waals surface area contributed by atoms with Crippen LogP contribution in [0.1, 0.15) is 19.8 Å². The normalized spacial score (nSPS) is 25.4. The van der Waals surface area contributed by atoms with Gasteiger partial charge in [0.1, 0.15) is 0 Å². The Morgan fingerprint density at radius 2 is 2.00 bits per heavy atom. The first-order valence-corrected chi connectivity index (χ1v) is 7.54.